The van der Waals surface area contributed by atoms with Gasteiger partial charge in [-0.3, -0.25) is 0 Å². The highest BCUT2D eigenvalue weighted by molar-refractivity contribution is 7.09. The molecule has 2 aromatic heterocycles. The number of anilines is 1. The van der Waals surface area contributed by atoms with E-state index in [1.807, 2.05) is 25.3 Å². The molecule has 0 bridgehead atoms. The molecule has 0 radical (unpaired) electrons. The highest BCUT2D eigenvalue weighted by Crippen LogP contribution is 2.29. The fourth-order valence-corrected chi connectivity index (χ4v) is 2.36. The maximum Gasteiger partial charge on any atom is 0.134 e. The summed E-state index contributed by atoms with van der Waals surface area (Å²) in [5.41, 5.74) is 8.25. The van der Waals surface area contributed by atoms with Crippen LogP contribution in [-0.2, 0) is 0 Å². The number of pyridine rings is 1. The van der Waals surface area contributed by atoms with Gasteiger partial charge in [0.05, 0.1) is 0 Å². The fourth-order valence-electron chi connectivity index (χ4n) is 1.57. The number of aromatic nitrogens is 2. The molecule has 2 rings (SSSR count). The van der Waals surface area contributed by atoms with Crippen LogP contribution >= 0.6 is 11.3 Å². The Morgan fingerprint density at radius 3 is 2.75 bits per heavy atom. The van der Waals surface area contributed by atoms with Gasteiger partial charge in [0.25, 0.3) is 0 Å². The Balaban J connectivity index is 2.45. The normalized spacial score (nSPS) is 12.7. The van der Waals surface area contributed by atoms with E-state index in [2.05, 4.69) is 9.97 Å². The smallest absolute Gasteiger partial charge is 0.134 e. The first kappa shape index (κ1) is 11.0. The van der Waals surface area contributed by atoms with E-state index in [9.17, 15) is 5.11 Å². The maximum atomic E-state index is 10.2. The molecule has 1 atom stereocenters. The Bertz CT molecular complexity index is 489. The third-order valence-electron chi connectivity index (χ3n) is 2.38. The molecular formula is C11H13N3OS. The number of nitrogens with zero attached hydrogens (tertiary/aromatic N) is 2. The van der Waals surface area contributed by atoms with Gasteiger partial charge in [-0.2, -0.15) is 0 Å². The average molecular weight is 235 g/mol. The Morgan fingerprint density at radius 1 is 1.44 bits per heavy atom. The van der Waals surface area contributed by atoms with Gasteiger partial charge in [0, 0.05) is 22.8 Å². The summed E-state index contributed by atoms with van der Waals surface area (Å²) in [6.07, 6.45) is 0.848. The Kier molecular flexibility index (Phi) is 2.89. The van der Waals surface area contributed by atoms with Crippen LogP contribution in [0.3, 0.4) is 0 Å². The van der Waals surface area contributed by atoms with Crippen LogP contribution in [0.4, 0.5) is 5.82 Å². The van der Waals surface area contributed by atoms with Crippen molar-refractivity contribution in [2.24, 2.45) is 0 Å². The first-order chi connectivity index (χ1) is 7.59. The Hall–Kier alpha value is -1.46. The van der Waals surface area contributed by atoms with E-state index >= 15 is 0 Å². The first-order valence-electron chi connectivity index (χ1n) is 4.90. The summed E-state index contributed by atoms with van der Waals surface area (Å²) in [7, 11) is 0. The molecule has 0 aliphatic rings. The van der Waals surface area contributed by atoms with Crippen LogP contribution in [0.1, 0.15) is 27.9 Å². The van der Waals surface area contributed by atoms with Crippen molar-refractivity contribution < 1.29 is 5.11 Å². The van der Waals surface area contributed by atoms with Gasteiger partial charge in [-0.15, -0.1) is 11.3 Å². The molecule has 0 spiro atoms. The standard InChI is InChI=1S/C11H13N3OS/c1-6-3-4-13-10(12)8(6)9(15)11-14-7(2)5-16-11/h3-5,9,15H,1-2H3,(H2,12,13). The predicted molar refractivity (Wildman–Crippen MR) is 64.3 cm³/mol. The molecule has 4 nitrogen and oxygen atoms in total. The highest BCUT2D eigenvalue weighted by Gasteiger charge is 2.19. The zero-order valence-electron chi connectivity index (χ0n) is 9.14. The van der Waals surface area contributed by atoms with Crippen LogP contribution in [0.2, 0.25) is 0 Å². The number of hydrogen-bond donors (Lipinski definition) is 2. The van der Waals surface area contributed by atoms with Crippen molar-refractivity contribution in [3.8, 4) is 0 Å². The van der Waals surface area contributed by atoms with Crippen LogP contribution < -0.4 is 5.73 Å². The third-order valence-corrected chi connectivity index (χ3v) is 3.40. The SMILES string of the molecule is Cc1csc(C(O)c2c(C)ccnc2N)n1. The summed E-state index contributed by atoms with van der Waals surface area (Å²) in [6.45, 7) is 3.79. The van der Waals surface area contributed by atoms with E-state index < -0.39 is 6.10 Å². The minimum absolute atomic E-state index is 0.361. The summed E-state index contributed by atoms with van der Waals surface area (Å²) in [5, 5.41) is 12.8. The molecule has 0 aliphatic carbocycles. The monoisotopic (exact) mass is 235 g/mol. The van der Waals surface area contributed by atoms with E-state index in [0.717, 1.165) is 11.3 Å². The van der Waals surface area contributed by atoms with Crippen LogP contribution in [0.25, 0.3) is 0 Å². The van der Waals surface area contributed by atoms with E-state index in [-0.39, 0.29) is 0 Å². The van der Waals surface area contributed by atoms with Crippen LogP contribution in [0.5, 0.6) is 0 Å². The van der Waals surface area contributed by atoms with Crippen molar-refractivity contribution >= 4 is 17.2 Å². The molecule has 84 valence electrons. The Labute approximate surface area is 97.8 Å². The van der Waals surface area contributed by atoms with Gasteiger partial charge in [0.15, 0.2) is 0 Å². The van der Waals surface area contributed by atoms with Crippen LogP contribution in [0.15, 0.2) is 17.6 Å². The molecule has 0 aromatic carbocycles. The quantitative estimate of drug-likeness (QED) is 0.832. The van der Waals surface area contributed by atoms with Crippen LogP contribution in [-0.4, -0.2) is 15.1 Å². The number of hydrogen-bond acceptors (Lipinski definition) is 5. The topological polar surface area (TPSA) is 72.0 Å². The molecule has 0 saturated carbocycles. The van der Waals surface area contributed by atoms with Crippen molar-refractivity contribution in [1.29, 1.82) is 0 Å². The summed E-state index contributed by atoms with van der Waals surface area (Å²) >= 11 is 1.43. The van der Waals surface area contributed by atoms with E-state index in [4.69, 9.17) is 5.73 Å². The lowest BCUT2D eigenvalue weighted by atomic mass is 10.1. The largest absolute Gasteiger partial charge is 0.383 e. The summed E-state index contributed by atoms with van der Waals surface area (Å²) in [4.78, 5) is 8.24. The van der Waals surface area contributed by atoms with Crippen molar-refractivity contribution in [1.82, 2.24) is 9.97 Å². The number of aliphatic hydroxyl groups is 1. The van der Waals surface area contributed by atoms with Crippen molar-refractivity contribution in [2.45, 2.75) is 20.0 Å². The number of nitrogen functional groups attached to an aromatic ring is 1. The van der Waals surface area contributed by atoms with Gasteiger partial charge >= 0.3 is 0 Å². The van der Waals surface area contributed by atoms with E-state index in [1.165, 1.54) is 11.3 Å². The predicted octanol–water partition coefficient (Wildman–Crippen LogP) is 1.82. The molecule has 0 amide bonds. The van der Waals surface area contributed by atoms with Crippen molar-refractivity contribution in [3.05, 3.63) is 39.5 Å². The first-order valence-corrected chi connectivity index (χ1v) is 5.78. The second-order valence-electron chi connectivity index (χ2n) is 3.66. The maximum absolute atomic E-state index is 10.2. The van der Waals surface area contributed by atoms with Gasteiger partial charge < -0.3 is 10.8 Å². The molecule has 0 aliphatic heterocycles. The number of aliphatic hydroxyl groups excluding tert-OH is 1. The molecule has 1 unspecified atom stereocenters. The zero-order chi connectivity index (χ0) is 11.7. The lowest BCUT2D eigenvalue weighted by Gasteiger charge is -2.12. The molecule has 0 saturated heterocycles. The van der Waals surface area contributed by atoms with Gasteiger partial charge in [-0.05, 0) is 25.5 Å². The highest BCUT2D eigenvalue weighted by atomic mass is 32.1. The molecular weight excluding hydrogens is 222 g/mol. The summed E-state index contributed by atoms with van der Waals surface area (Å²) in [5.74, 6) is 0.361. The van der Waals surface area contributed by atoms with E-state index in [1.54, 1.807) is 6.20 Å². The minimum Gasteiger partial charge on any atom is -0.383 e. The summed E-state index contributed by atoms with van der Waals surface area (Å²) in [6, 6.07) is 1.83. The lowest BCUT2D eigenvalue weighted by molar-refractivity contribution is 0.219. The molecule has 2 heterocycles. The molecule has 16 heavy (non-hydrogen) atoms. The fraction of sp³-hybridized carbons (Fsp3) is 0.273. The number of thiazole rings is 1. The Morgan fingerprint density at radius 2 is 2.19 bits per heavy atom. The van der Waals surface area contributed by atoms with Gasteiger partial charge in [-0.25, -0.2) is 9.97 Å². The second kappa shape index (κ2) is 4.19. The van der Waals surface area contributed by atoms with Crippen LogP contribution in [0, 0.1) is 13.8 Å². The van der Waals surface area contributed by atoms with Gasteiger partial charge in [0.1, 0.15) is 16.9 Å². The molecule has 2 aromatic rings. The zero-order valence-corrected chi connectivity index (χ0v) is 9.95. The number of rotatable bonds is 2. The summed E-state index contributed by atoms with van der Waals surface area (Å²) < 4.78 is 0. The molecule has 0 fully saturated rings. The average Bonchev–Trinajstić information content (AvgIpc) is 2.64. The van der Waals surface area contributed by atoms with Gasteiger partial charge in [0.2, 0.25) is 0 Å². The second-order valence-corrected chi connectivity index (χ2v) is 4.55. The van der Waals surface area contributed by atoms with Crippen molar-refractivity contribution in [3.63, 3.8) is 0 Å². The lowest BCUT2D eigenvalue weighted by Crippen LogP contribution is -2.07. The molecule has 5 heteroatoms. The van der Waals surface area contributed by atoms with Crippen molar-refractivity contribution in [2.75, 3.05) is 5.73 Å². The minimum atomic E-state index is -0.785. The van der Waals surface area contributed by atoms with E-state index in [0.29, 0.717) is 16.4 Å². The molecule has 3 N–H and O–H groups in total. The third kappa shape index (κ3) is 1.91. The number of aryl methyl sites for hydroxylation is 2. The van der Waals surface area contributed by atoms with Gasteiger partial charge in [-0.1, -0.05) is 0 Å². The number of nitrogens with two attached hydrogens (primary N) is 1.